The van der Waals surface area contributed by atoms with E-state index in [1.54, 1.807) is 0 Å². The van der Waals surface area contributed by atoms with Crippen LogP contribution in [0.5, 0.6) is 0 Å². The Morgan fingerprint density at radius 2 is 1.89 bits per heavy atom. The molecule has 0 heterocycles. The second kappa shape index (κ2) is 7.85. The van der Waals surface area contributed by atoms with Crippen LogP contribution >= 0.6 is 0 Å². The van der Waals surface area contributed by atoms with E-state index < -0.39 is 24.8 Å². The first-order valence-electron chi connectivity index (χ1n) is 5.79. The summed E-state index contributed by atoms with van der Waals surface area (Å²) in [6.45, 7) is 2.08. The molecule has 19 heavy (non-hydrogen) atoms. The molecule has 0 unspecified atom stereocenters. The Kier molecular flexibility index (Phi) is 7.25. The number of alkyl halides is 3. The van der Waals surface area contributed by atoms with Crippen LogP contribution in [0.3, 0.4) is 0 Å². The van der Waals surface area contributed by atoms with Crippen LogP contribution in [0, 0.1) is 11.8 Å². The van der Waals surface area contributed by atoms with E-state index in [4.69, 9.17) is 5.11 Å². The molecule has 0 fully saturated rings. The molecule has 8 heteroatoms. The fourth-order valence-electron chi connectivity index (χ4n) is 1.58. The summed E-state index contributed by atoms with van der Waals surface area (Å²) < 4.78 is 39.3. The molecule has 1 amide bonds. The van der Waals surface area contributed by atoms with Gasteiger partial charge in [-0.05, 0) is 18.3 Å². The minimum absolute atomic E-state index is 0.0266. The highest BCUT2D eigenvalue weighted by atomic mass is 19.4. The molecule has 2 N–H and O–H groups in total. The average Bonchev–Trinajstić information content (AvgIpc) is 2.20. The Balaban J connectivity index is 4.08. The molecule has 1 atom stereocenters. The van der Waals surface area contributed by atoms with Crippen molar-refractivity contribution in [3.05, 3.63) is 0 Å². The van der Waals surface area contributed by atoms with E-state index >= 15 is 0 Å². The average molecular weight is 285 g/mol. The van der Waals surface area contributed by atoms with Gasteiger partial charge >= 0.3 is 18.2 Å². The monoisotopic (exact) mass is 285 g/mol. The van der Waals surface area contributed by atoms with Crippen molar-refractivity contribution in [3.63, 3.8) is 0 Å². The van der Waals surface area contributed by atoms with Crippen molar-refractivity contribution in [1.29, 1.82) is 0 Å². The highest BCUT2D eigenvalue weighted by molar-refractivity contribution is 5.68. The Bertz CT molecular complexity index is 305. The zero-order chi connectivity index (χ0) is 15.1. The summed E-state index contributed by atoms with van der Waals surface area (Å²) in [5, 5.41) is 10.8. The first-order chi connectivity index (χ1) is 8.60. The van der Waals surface area contributed by atoms with Gasteiger partial charge in [-0.3, -0.25) is 4.79 Å². The number of alkyl carbamates (subject to hydrolysis) is 1. The molecule has 112 valence electrons. The van der Waals surface area contributed by atoms with E-state index in [2.05, 4.69) is 10.1 Å². The van der Waals surface area contributed by atoms with E-state index in [1.807, 2.05) is 13.8 Å². The number of carboxylic acid groups (broad SMARTS) is 1. The number of ether oxygens (including phenoxy) is 1. The molecule has 0 rings (SSSR count). The van der Waals surface area contributed by atoms with Crippen molar-refractivity contribution in [1.82, 2.24) is 5.32 Å². The molecule has 0 aliphatic heterocycles. The minimum Gasteiger partial charge on any atom is -0.481 e. The van der Waals surface area contributed by atoms with Gasteiger partial charge in [0.05, 0.1) is 0 Å². The van der Waals surface area contributed by atoms with Crippen molar-refractivity contribution < 1.29 is 32.6 Å². The summed E-state index contributed by atoms with van der Waals surface area (Å²) in [4.78, 5) is 21.6. The third-order valence-corrected chi connectivity index (χ3v) is 2.17. The summed E-state index contributed by atoms with van der Waals surface area (Å²) >= 11 is 0. The van der Waals surface area contributed by atoms with Gasteiger partial charge in [-0.1, -0.05) is 13.8 Å². The first kappa shape index (κ1) is 17.5. The van der Waals surface area contributed by atoms with Crippen LogP contribution in [-0.4, -0.2) is 36.5 Å². The molecule has 0 radical (unpaired) electrons. The number of carbonyl (C=O) groups excluding carboxylic acids is 1. The standard InChI is InChI=1S/C11H18F3NO4/c1-7(2)3-8(4-9(16)17)5-15-10(18)19-6-11(12,13)14/h7-8H,3-6H2,1-2H3,(H,15,18)(H,16,17)/t8-/m0/s1. The number of hydrogen-bond donors (Lipinski definition) is 2. The van der Waals surface area contributed by atoms with E-state index in [0.29, 0.717) is 6.42 Å². The molecule has 5 nitrogen and oxygen atoms in total. The molecule has 0 saturated carbocycles. The van der Waals surface area contributed by atoms with Crippen LogP contribution in [0.25, 0.3) is 0 Å². The lowest BCUT2D eigenvalue weighted by Gasteiger charge is -2.17. The smallest absolute Gasteiger partial charge is 0.422 e. The Labute approximate surface area is 109 Å². The maximum absolute atomic E-state index is 11.8. The second-order valence-electron chi connectivity index (χ2n) is 4.67. The molecule has 0 bridgehead atoms. The lowest BCUT2D eigenvalue weighted by atomic mass is 9.94. The SMILES string of the molecule is CC(C)C[C@H](CNC(=O)OCC(F)(F)F)CC(=O)O. The summed E-state index contributed by atoms with van der Waals surface area (Å²) in [5.41, 5.74) is 0. The van der Waals surface area contributed by atoms with Crippen LogP contribution in [-0.2, 0) is 9.53 Å². The predicted molar refractivity (Wildman–Crippen MR) is 60.6 cm³/mol. The van der Waals surface area contributed by atoms with Crippen LogP contribution in [0.15, 0.2) is 0 Å². The van der Waals surface area contributed by atoms with Crippen molar-refractivity contribution in [3.8, 4) is 0 Å². The number of hydrogen-bond acceptors (Lipinski definition) is 3. The van der Waals surface area contributed by atoms with Gasteiger partial charge in [-0.25, -0.2) is 4.79 Å². The molecule has 0 saturated heterocycles. The minimum atomic E-state index is -4.57. The Hall–Kier alpha value is -1.47. The second-order valence-corrected chi connectivity index (χ2v) is 4.67. The van der Waals surface area contributed by atoms with Gasteiger partial charge in [0.2, 0.25) is 0 Å². The predicted octanol–water partition coefficient (Wildman–Crippen LogP) is 2.41. The molecule has 0 aromatic heterocycles. The number of carboxylic acids is 1. The fraction of sp³-hybridized carbons (Fsp3) is 0.818. The summed E-state index contributed by atoms with van der Waals surface area (Å²) in [6, 6.07) is 0. The van der Waals surface area contributed by atoms with Crippen molar-refractivity contribution in [2.24, 2.45) is 11.8 Å². The summed E-state index contributed by atoms with van der Waals surface area (Å²) in [7, 11) is 0. The van der Waals surface area contributed by atoms with Crippen LogP contribution in [0.1, 0.15) is 26.7 Å². The van der Waals surface area contributed by atoms with Crippen LogP contribution < -0.4 is 5.32 Å². The lowest BCUT2D eigenvalue weighted by molar-refractivity contribution is -0.160. The summed E-state index contributed by atoms with van der Waals surface area (Å²) in [6.07, 6.45) is -5.38. The van der Waals surface area contributed by atoms with E-state index in [0.717, 1.165) is 0 Å². The molecular weight excluding hydrogens is 267 g/mol. The van der Waals surface area contributed by atoms with Gasteiger partial charge in [0.25, 0.3) is 0 Å². The lowest BCUT2D eigenvalue weighted by Crippen LogP contribution is -2.33. The number of halogens is 3. The largest absolute Gasteiger partial charge is 0.481 e. The number of carbonyl (C=O) groups is 2. The number of rotatable bonds is 7. The van der Waals surface area contributed by atoms with E-state index in [-0.39, 0.29) is 24.8 Å². The molecule has 0 aromatic carbocycles. The van der Waals surface area contributed by atoms with Gasteiger partial charge in [-0.2, -0.15) is 13.2 Å². The third-order valence-electron chi connectivity index (χ3n) is 2.17. The fourth-order valence-corrected chi connectivity index (χ4v) is 1.58. The zero-order valence-corrected chi connectivity index (χ0v) is 10.8. The van der Waals surface area contributed by atoms with Gasteiger partial charge in [-0.15, -0.1) is 0 Å². The topological polar surface area (TPSA) is 75.6 Å². The van der Waals surface area contributed by atoms with E-state index in [9.17, 15) is 22.8 Å². The maximum atomic E-state index is 11.8. The van der Waals surface area contributed by atoms with Crippen molar-refractivity contribution >= 4 is 12.1 Å². The zero-order valence-electron chi connectivity index (χ0n) is 10.8. The van der Waals surface area contributed by atoms with Crippen LogP contribution in [0.2, 0.25) is 0 Å². The molecule has 0 aliphatic carbocycles. The Morgan fingerprint density at radius 3 is 2.32 bits per heavy atom. The van der Waals surface area contributed by atoms with Crippen molar-refractivity contribution in [2.45, 2.75) is 32.9 Å². The quantitative estimate of drug-likeness (QED) is 0.753. The first-order valence-corrected chi connectivity index (χ1v) is 5.79. The van der Waals surface area contributed by atoms with Gasteiger partial charge in [0, 0.05) is 13.0 Å². The van der Waals surface area contributed by atoms with Crippen molar-refractivity contribution in [2.75, 3.05) is 13.2 Å². The van der Waals surface area contributed by atoms with Gasteiger partial charge < -0.3 is 15.2 Å². The van der Waals surface area contributed by atoms with E-state index in [1.165, 1.54) is 0 Å². The molecular formula is C11H18F3NO4. The number of aliphatic carboxylic acids is 1. The maximum Gasteiger partial charge on any atom is 0.422 e. The Morgan fingerprint density at radius 1 is 1.32 bits per heavy atom. The number of amides is 1. The normalized spacial score (nSPS) is 13.2. The molecule has 0 aromatic rings. The number of nitrogens with one attached hydrogen (secondary N) is 1. The third kappa shape index (κ3) is 11.4. The molecule has 0 aliphatic rings. The van der Waals surface area contributed by atoms with Gasteiger partial charge in [0.15, 0.2) is 6.61 Å². The molecule has 0 spiro atoms. The highest BCUT2D eigenvalue weighted by Gasteiger charge is 2.29. The summed E-state index contributed by atoms with van der Waals surface area (Å²) in [5.74, 6) is -1.13. The highest BCUT2D eigenvalue weighted by Crippen LogP contribution is 2.16. The van der Waals surface area contributed by atoms with Gasteiger partial charge in [0.1, 0.15) is 0 Å². The van der Waals surface area contributed by atoms with Crippen LogP contribution in [0.4, 0.5) is 18.0 Å².